The number of fused-ring (bicyclic) bond motifs is 2. The quantitative estimate of drug-likeness (QED) is 0.496. The molecule has 8 nitrogen and oxygen atoms in total. The minimum atomic E-state index is -1.76. The van der Waals surface area contributed by atoms with Crippen LogP contribution in [0, 0.1) is 23.2 Å². The summed E-state index contributed by atoms with van der Waals surface area (Å²) < 4.78 is 5.83. The maximum Gasteiger partial charge on any atom is 0.316 e. The van der Waals surface area contributed by atoms with Crippen LogP contribution >= 0.6 is 0 Å². The monoisotopic (exact) mass is 458 g/mol. The van der Waals surface area contributed by atoms with E-state index in [1.54, 1.807) is 12.1 Å². The van der Waals surface area contributed by atoms with Gasteiger partial charge in [-0.05, 0) is 49.4 Å². The maximum atomic E-state index is 13.6. The molecule has 0 aromatic heterocycles. The number of para-hydroxylation sites is 1. The first-order chi connectivity index (χ1) is 15.6. The van der Waals surface area contributed by atoms with Gasteiger partial charge in [-0.15, -0.1) is 0 Å². The van der Waals surface area contributed by atoms with Crippen LogP contribution in [0.15, 0.2) is 29.8 Å². The van der Waals surface area contributed by atoms with Gasteiger partial charge >= 0.3 is 5.97 Å². The molecule has 1 aromatic carbocycles. The molecule has 1 saturated carbocycles. The van der Waals surface area contributed by atoms with Crippen molar-refractivity contribution in [1.29, 1.82) is 0 Å². The summed E-state index contributed by atoms with van der Waals surface area (Å²) in [6, 6.07) is 5.13. The Morgan fingerprint density at radius 1 is 1.27 bits per heavy atom. The van der Waals surface area contributed by atoms with E-state index in [-0.39, 0.29) is 18.3 Å². The van der Waals surface area contributed by atoms with Crippen molar-refractivity contribution >= 4 is 11.7 Å². The molecule has 3 fully saturated rings. The Labute approximate surface area is 194 Å². The first-order valence-electron chi connectivity index (χ1n) is 11.7. The molecule has 2 saturated heterocycles. The number of anilines is 1. The van der Waals surface area contributed by atoms with Crippen LogP contribution in [0.3, 0.4) is 0 Å². The lowest BCUT2D eigenvalue weighted by Gasteiger charge is -2.68. The summed E-state index contributed by atoms with van der Waals surface area (Å²) in [4.78, 5) is 17.5. The number of rotatable bonds is 2. The molecule has 3 heterocycles. The fourth-order valence-corrected chi connectivity index (χ4v) is 8.45. The number of nitrogens with zero attached hydrogens (tertiary/aromatic N) is 2. The van der Waals surface area contributed by atoms with Crippen molar-refractivity contribution in [3.05, 3.63) is 35.4 Å². The summed E-state index contributed by atoms with van der Waals surface area (Å²) in [6.07, 6.45) is -0.253. The molecule has 4 aliphatic rings. The number of hydrogen-bond acceptors (Lipinski definition) is 7. The van der Waals surface area contributed by atoms with Crippen LogP contribution in [0.2, 0.25) is 0 Å². The number of benzene rings is 1. The number of allylic oxidation sites excluding steroid dienone is 1. The van der Waals surface area contributed by atoms with E-state index in [4.69, 9.17) is 4.74 Å². The van der Waals surface area contributed by atoms with Crippen molar-refractivity contribution in [3.63, 3.8) is 0 Å². The number of ether oxygens (including phenoxy) is 1. The molecule has 0 bridgehead atoms. The Morgan fingerprint density at radius 2 is 1.97 bits per heavy atom. The molecule has 1 aliphatic carbocycles. The number of likely N-dealkylation sites (tertiary alicyclic amines) is 1. The van der Waals surface area contributed by atoms with Gasteiger partial charge < -0.3 is 30.1 Å². The molecule has 0 spiro atoms. The number of aliphatic carboxylic acids is 1. The van der Waals surface area contributed by atoms with E-state index >= 15 is 0 Å². The summed E-state index contributed by atoms with van der Waals surface area (Å²) in [5.74, 6) is -2.28. The predicted octanol–water partition coefficient (Wildman–Crippen LogP) is 1.74. The van der Waals surface area contributed by atoms with E-state index in [0.717, 1.165) is 5.57 Å². The zero-order valence-corrected chi connectivity index (χ0v) is 19.8. The molecular formula is C25H34N2O6. The number of phenols is 1. The number of carbonyl (C=O) groups is 1. The highest BCUT2D eigenvalue weighted by Gasteiger charge is 2.86. The van der Waals surface area contributed by atoms with Crippen molar-refractivity contribution in [2.75, 3.05) is 32.1 Å². The zero-order chi connectivity index (χ0) is 24.1. The minimum absolute atomic E-state index is 0.0290. The molecule has 0 amide bonds. The third-order valence-corrected chi connectivity index (χ3v) is 9.40. The number of phenolic OH excluding ortho intramolecular Hbond substituents is 1. The number of aromatic hydroxyl groups is 1. The largest absolute Gasteiger partial charge is 0.506 e. The Morgan fingerprint density at radius 3 is 2.58 bits per heavy atom. The Hall–Kier alpha value is -2.13. The summed E-state index contributed by atoms with van der Waals surface area (Å²) in [5.41, 5.74) is -2.24. The third-order valence-electron chi connectivity index (χ3n) is 9.40. The molecular weight excluding hydrogens is 424 g/mol. The minimum Gasteiger partial charge on any atom is -0.506 e. The van der Waals surface area contributed by atoms with E-state index in [0.29, 0.717) is 24.2 Å². The number of carboxylic acid groups (broad SMARTS) is 1. The Kier molecular flexibility index (Phi) is 4.77. The molecule has 7 atom stereocenters. The van der Waals surface area contributed by atoms with Crippen LogP contribution in [0.5, 0.6) is 5.75 Å². The molecule has 0 unspecified atom stereocenters. The van der Waals surface area contributed by atoms with Crippen molar-refractivity contribution in [1.82, 2.24) is 4.90 Å². The van der Waals surface area contributed by atoms with E-state index < -0.39 is 46.7 Å². The Bertz CT molecular complexity index is 1040. The number of aliphatic hydroxyl groups excluding tert-OH is 2. The first-order valence-corrected chi connectivity index (χ1v) is 11.7. The van der Waals surface area contributed by atoms with Crippen molar-refractivity contribution in [2.45, 2.75) is 50.7 Å². The second kappa shape index (κ2) is 6.95. The van der Waals surface area contributed by atoms with Gasteiger partial charge in [0.05, 0.1) is 23.8 Å². The molecule has 8 heteroatoms. The summed E-state index contributed by atoms with van der Waals surface area (Å²) in [6.45, 7) is 6.49. The summed E-state index contributed by atoms with van der Waals surface area (Å²) in [5, 5.41) is 45.9. The van der Waals surface area contributed by atoms with Gasteiger partial charge in [-0.1, -0.05) is 32.1 Å². The zero-order valence-electron chi connectivity index (χ0n) is 19.8. The number of hydrogen-bond donors (Lipinski definition) is 4. The second-order valence-corrected chi connectivity index (χ2v) is 10.5. The SMILES string of the molecule is CC=C1CO[C@@H](O)[C@@]2(C(=O)O)[C@H]1[C@@H](C(C)C)[C@H](O)[C@]13N(C)CC[C@]21c1cccc(O)c1N3C. The van der Waals surface area contributed by atoms with Gasteiger partial charge in [-0.2, -0.15) is 0 Å². The van der Waals surface area contributed by atoms with Crippen molar-refractivity contribution in [2.24, 2.45) is 23.2 Å². The number of carboxylic acids is 1. The second-order valence-electron chi connectivity index (χ2n) is 10.5. The topological polar surface area (TPSA) is 114 Å². The predicted molar refractivity (Wildman–Crippen MR) is 122 cm³/mol. The van der Waals surface area contributed by atoms with Gasteiger partial charge in [0.1, 0.15) is 16.8 Å². The summed E-state index contributed by atoms with van der Waals surface area (Å²) >= 11 is 0. The normalized spacial score (nSPS) is 43.4. The highest BCUT2D eigenvalue weighted by molar-refractivity contribution is 5.86. The molecule has 4 N–H and O–H groups in total. The molecule has 180 valence electrons. The van der Waals surface area contributed by atoms with Gasteiger partial charge in [-0.25, -0.2) is 0 Å². The molecule has 5 rings (SSSR count). The third kappa shape index (κ3) is 2.11. The Balaban J connectivity index is 2.00. The van der Waals surface area contributed by atoms with Gasteiger partial charge in [-0.3, -0.25) is 9.69 Å². The lowest BCUT2D eigenvalue weighted by molar-refractivity contribution is -0.286. The number of likely N-dealkylation sites (N-methyl/N-ethyl adjacent to an activating group) is 2. The fourth-order valence-electron chi connectivity index (χ4n) is 8.45. The molecule has 33 heavy (non-hydrogen) atoms. The summed E-state index contributed by atoms with van der Waals surface area (Å²) in [7, 11) is 3.70. The standard InChI is InChI=1S/C25H34N2O6/c1-6-14-12-33-22(32)24(21(30)31)18(14)17(13(2)3)20(29)25-23(24,10-11-26(25)4)15-8-7-9-16(28)19(15)27(25)5/h6-9,13,17-18,20,22,28-29,32H,10-12H2,1-5H3,(H,30,31)/t17-,18-,20+,22-,23+,24+,25-/m1/s1. The number of aliphatic hydroxyl groups is 2. The maximum absolute atomic E-state index is 13.6. The molecule has 3 aliphatic heterocycles. The van der Waals surface area contributed by atoms with Crippen LogP contribution < -0.4 is 4.90 Å². The van der Waals surface area contributed by atoms with Gasteiger partial charge in [0.25, 0.3) is 0 Å². The van der Waals surface area contributed by atoms with Gasteiger partial charge in [0, 0.05) is 19.5 Å². The van der Waals surface area contributed by atoms with E-state index in [1.807, 2.05) is 56.8 Å². The first kappa shape index (κ1) is 22.7. The van der Waals surface area contributed by atoms with Crippen molar-refractivity contribution in [3.8, 4) is 5.75 Å². The van der Waals surface area contributed by atoms with E-state index in [1.165, 1.54) is 0 Å². The fraction of sp³-hybridized carbons (Fsp3) is 0.640. The smallest absolute Gasteiger partial charge is 0.316 e. The average Bonchev–Trinajstić information content (AvgIpc) is 3.20. The van der Waals surface area contributed by atoms with Crippen LogP contribution in [-0.2, 0) is 14.9 Å². The highest BCUT2D eigenvalue weighted by atomic mass is 16.6. The van der Waals surface area contributed by atoms with Gasteiger partial charge in [0.2, 0.25) is 0 Å². The molecule has 0 radical (unpaired) electrons. The van der Waals surface area contributed by atoms with E-state index in [9.17, 15) is 25.2 Å². The van der Waals surface area contributed by atoms with Crippen molar-refractivity contribution < 1.29 is 30.0 Å². The van der Waals surface area contributed by atoms with Crippen LogP contribution in [0.4, 0.5) is 5.69 Å². The van der Waals surface area contributed by atoms with E-state index in [2.05, 4.69) is 0 Å². The molecule has 1 aromatic rings. The van der Waals surface area contributed by atoms with Crippen LogP contribution in [0.25, 0.3) is 0 Å². The van der Waals surface area contributed by atoms with Crippen LogP contribution in [0.1, 0.15) is 32.8 Å². The average molecular weight is 459 g/mol. The van der Waals surface area contributed by atoms with Gasteiger partial charge in [0.15, 0.2) is 6.29 Å². The van der Waals surface area contributed by atoms with Crippen LogP contribution in [-0.4, -0.2) is 76.6 Å². The lowest BCUT2D eigenvalue weighted by atomic mass is 9.40. The lowest BCUT2D eigenvalue weighted by Crippen LogP contribution is -2.83. The highest BCUT2D eigenvalue weighted by Crippen LogP contribution is 2.76.